The molecule has 7 nitrogen and oxygen atoms in total. The van der Waals surface area contributed by atoms with Crippen molar-refractivity contribution < 1.29 is 14.7 Å². The molecule has 1 heterocycles. The van der Waals surface area contributed by atoms with Crippen LogP contribution in [0, 0.1) is 0 Å². The highest BCUT2D eigenvalue weighted by atomic mass is 16.4. The van der Waals surface area contributed by atoms with Crippen LogP contribution in [0.25, 0.3) is 0 Å². The van der Waals surface area contributed by atoms with E-state index in [9.17, 15) is 9.59 Å². The number of hydrogen-bond donors (Lipinski definition) is 2. The van der Waals surface area contributed by atoms with Gasteiger partial charge in [0.2, 0.25) is 5.91 Å². The topological polar surface area (TPSA) is 97.1 Å². The van der Waals surface area contributed by atoms with E-state index >= 15 is 0 Å². The minimum Gasteiger partial charge on any atom is -0.481 e. The lowest BCUT2D eigenvalue weighted by atomic mass is 10.3. The monoisotopic (exact) mass is 226 g/mol. The zero-order valence-electron chi connectivity index (χ0n) is 9.17. The van der Waals surface area contributed by atoms with Gasteiger partial charge in [-0.15, -0.1) is 5.10 Å². The van der Waals surface area contributed by atoms with Gasteiger partial charge in [-0.1, -0.05) is 5.21 Å². The molecule has 1 aromatic heterocycles. The first kappa shape index (κ1) is 12.2. The number of rotatable bonds is 5. The lowest BCUT2D eigenvalue weighted by molar-refractivity contribution is -0.136. The Morgan fingerprint density at radius 3 is 2.81 bits per heavy atom. The van der Waals surface area contributed by atoms with Crippen molar-refractivity contribution in [2.24, 2.45) is 0 Å². The molecule has 0 aliphatic rings. The molecule has 0 aromatic carbocycles. The summed E-state index contributed by atoms with van der Waals surface area (Å²) in [6, 6.07) is 0.0644. The molecular formula is C9H14N4O3. The number of carbonyl (C=O) groups is 2. The predicted octanol–water partition coefficient (Wildman–Crippen LogP) is -0.570. The predicted molar refractivity (Wildman–Crippen MR) is 54.6 cm³/mol. The van der Waals surface area contributed by atoms with Gasteiger partial charge in [-0.3, -0.25) is 9.59 Å². The second-order valence-corrected chi connectivity index (χ2v) is 3.70. The maximum atomic E-state index is 11.3. The fourth-order valence-electron chi connectivity index (χ4n) is 1.17. The number of aromatic nitrogens is 3. The number of carbonyl (C=O) groups excluding carboxylic acids is 1. The number of hydrogen-bond acceptors (Lipinski definition) is 4. The summed E-state index contributed by atoms with van der Waals surface area (Å²) < 4.78 is 1.32. The SMILES string of the molecule is CC(C)NC(=O)Cn1cc(CC(=O)O)nn1. The maximum Gasteiger partial charge on any atom is 0.309 e. The lowest BCUT2D eigenvalue weighted by Gasteiger charge is -2.07. The average Bonchev–Trinajstić information content (AvgIpc) is 2.49. The van der Waals surface area contributed by atoms with Gasteiger partial charge in [0.25, 0.3) is 0 Å². The van der Waals surface area contributed by atoms with E-state index in [4.69, 9.17) is 5.11 Å². The third-order valence-corrected chi connectivity index (χ3v) is 1.67. The Bertz CT molecular complexity index is 386. The van der Waals surface area contributed by atoms with Crippen molar-refractivity contribution in [2.75, 3.05) is 0 Å². The van der Waals surface area contributed by atoms with E-state index in [0.29, 0.717) is 5.69 Å². The van der Waals surface area contributed by atoms with Crippen LogP contribution in [0.5, 0.6) is 0 Å². The molecule has 0 saturated heterocycles. The fourth-order valence-corrected chi connectivity index (χ4v) is 1.17. The normalized spacial score (nSPS) is 10.4. The summed E-state index contributed by atoms with van der Waals surface area (Å²) >= 11 is 0. The summed E-state index contributed by atoms with van der Waals surface area (Å²) in [6.07, 6.45) is 1.26. The molecule has 0 bridgehead atoms. The Morgan fingerprint density at radius 1 is 1.56 bits per heavy atom. The highest BCUT2D eigenvalue weighted by Gasteiger charge is 2.08. The summed E-state index contributed by atoms with van der Waals surface area (Å²) in [5, 5.41) is 18.5. The summed E-state index contributed by atoms with van der Waals surface area (Å²) in [4.78, 5) is 21.7. The van der Waals surface area contributed by atoms with Gasteiger partial charge >= 0.3 is 5.97 Å². The van der Waals surface area contributed by atoms with Crippen LogP contribution in [0.3, 0.4) is 0 Å². The van der Waals surface area contributed by atoms with Crippen LogP contribution in [-0.2, 0) is 22.6 Å². The largest absolute Gasteiger partial charge is 0.481 e. The van der Waals surface area contributed by atoms with Crippen LogP contribution in [-0.4, -0.2) is 38.0 Å². The zero-order chi connectivity index (χ0) is 12.1. The Kier molecular flexibility index (Phi) is 3.98. The molecule has 7 heteroatoms. The van der Waals surface area contributed by atoms with Crippen molar-refractivity contribution in [3.05, 3.63) is 11.9 Å². The molecule has 88 valence electrons. The van der Waals surface area contributed by atoms with Gasteiger partial charge in [0.05, 0.1) is 12.1 Å². The smallest absolute Gasteiger partial charge is 0.309 e. The molecule has 1 amide bonds. The van der Waals surface area contributed by atoms with Crippen molar-refractivity contribution in [3.8, 4) is 0 Å². The molecule has 0 spiro atoms. The number of carboxylic acids is 1. The second kappa shape index (κ2) is 5.24. The highest BCUT2D eigenvalue weighted by Crippen LogP contribution is 1.94. The van der Waals surface area contributed by atoms with E-state index < -0.39 is 5.97 Å². The Morgan fingerprint density at radius 2 is 2.25 bits per heavy atom. The Balaban J connectivity index is 2.51. The van der Waals surface area contributed by atoms with Crippen molar-refractivity contribution in [3.63, 3.8) is 0 Å². The molecule has 1 aromatic rings. The quantitative estimate of drug-likeness (QED) is 0.700. The molecule has 0 radical (unpaired) electrons. The molecule has 0 aliphatic carbocycles. The molecule has 16 heavy (non-hydrogen) atoms. The molecule has 0 atom stereocenters. The van der Waals surface area contributed by atoms with Gasteiger partial charge in [-0.05, 0) is 13.8 Å². The molecule has 0 saturated carbocycles. The second-order valence-electron chi connectivity index (χ2n) is 3.70. The van der Waals surface area contributed by atoms with E-state index in [2.05, 4.69) is 15.6 Å². The average molecular weight is 226 g/mol. The number of aliphatic carboxylic acids is 1. The Labute approximate surface area is 92.4 Å². The minimum atomic E-state index is -0.973. The minimum absolute atomic E-state index is 0.0464. The van der Waals surface area contributed by atoms with Gasteiger partial charge in [0.15, 0.2) is 0 Å². The molecule has 0 unspecified atom stereocenters. The summed E-state index contributed by atoms with van der Waals surface area (Å²) in [7, 11) is 0. The number of amides is 1. The van der Waals surface area contributed by atoms with E-state index in [1.165, 1.54) is 10.9 Å². The van der Waals surface area contributed by atoms with Gasteiger partial charge in [-0.2, -0.15) is 0 Å². The fraction of sp³-hybridized carbons (Fsp3) is 0.556. The zero-order valence-corrected chi connectivity index (χ0v) is 9.17. The Hall–Kier alpha value is -1.92. The van der Waals surface area contributed by atoms with Crippen LogP contribution >= 0.6 is 0 Å². The first-order chi connectivity index (χ1) is 7.47. The van der Waals surface area contributed by atoms with Crippen LogP contribution < -0.4 is 5.32 Å². The summed E-state index contributed by atoms with van der Waals surface area (Å²) in [5.41, 5.74) is 0.338. The standard InChI is InChI=1S/C9H14N4O3/c1-6(2)10-8(14)5-13-4-7(11-12-13)3-9(15)16/h4,6H,3,5H2,1-2H3,(H,10,14)(H,15,16). The summed E-state index contributed by atoms with van der Waals surface area (Å²) in [6.45, 7) is 3.76. The third kappa shape index (κ3) is 4.07. The number of nitrogens with zero attached hydrogens (tertiary/aromatic N) is 3. The van der Waals surface area contributed by atoms with Gasteiger partial charge in [-0.25, -0.2) is 4.68 Å². The first-order valence-electron chi connectivity index (χ1n) is 4.87. The molecule has 0 fully saturated rings. The van der Waals surface area contributed by atoms with Gasteiger partial charge in [0.1, 0.15) is 6.54 Å². The van der Waals surface area contributed by atoms with Crippen molar-refractivity contribution in [1.82, 2.24) is 20.3 Å². The third-order valence-electron chi connectivity index (χ3n) is 1.67. The van der Waals surface area contributed by atoms with Gasteiger partial charge < -0.3 is 10.4 Å². The van der Waals surface area contributed by atoms with E-state index in [1.54, 1.807) is 0 Å². The van der Waals surface area contributed by atoms with E-state index in [1.807, 2.05) is 13.8 Å². The maximum absolute atomic E-state index is 11.3. The number of nitrogens with one attached hydrogen (secondary N) is 1. The van der Waals surface area contributed by atoms with E-state index in [0.717, 1.165) is 0 Å². The van der Waals surface area contributed by atoms with Crippen LogP contribution in [0.15, 0.2) is 6.20 Å². The molecule has 1 rings (SSSR count). The van der Waals surface area contributed by atoms with E-state index in [-0.39, 0.29) is 24.9 Å². The number of carboxylic acid groups (broad SMARTS) is 1. The summed E-state index contributed by atoms with van der Waals surface area (Å²) in [5.74, 6) is -1.15. The van der Waals surface area contributed by atoms with Crippen LogP contribution in [0.1, 0.15) is 19.5 Å². The first-order valence-corrected chi connectivity index (χ1v) is 4.87. The molecule has 0 aliphatic heterocycles. The molecule has 2 N–H and O–H groups in total. The van der Waals surface area contributed by atoms with Crippen molar-refractivity contribution in [2.45, 2.75) is 32.9 Å². The highest BCUT2D eigenvalue weighted by molar-refractivity contribution is 5.75. The lowest BCUT2D eigenvalue weighted by Crippen LogP contribution is -2.33. The van der Waals surface area contributed by atoms with Gasteiger partial charge in [0, 0.05) is 12.2 Å². The molecular weight excluding hydrogens is 212 g/mol. The van der Waals surface area contributed by atoms with Crippen LogP contribution in [0.2, 0.25) is 0 Å². The van der Waals surface area contributed by atoms with Crippen molar-refractivity contribution in [1.29, 1.82) is 0 Å². The van der Waals surface area contributed by atoms with Crippen molar-refractivity contribution >= 4 is 11.9 Å². The van der Waals surface area contributed by atoms with Crippen LogP contribution in [0.4, 0.5) is 0 Å².